The van der Waals surface area contributed by atoms with E-state index in [9.17, 15) is 0 Å². The van der Waals surface area contributed by atoms with E-state index >= 15 is 0 Å². The third-order valence-electron chi connectivity index (χ3n) is 3.35. The number of hydrogen-bond acceptors (Lipinski definition) is 3. The highest BCUT2D eigenvalue weighted by atomic mass is 35.5. The van der Waals surface area contributed by atoms with Crippen LogP contribution in [-0.4, -0.2) is 0 Å². The third kappa shape index (κ3) is 3.27. The quantitative estimate of drug-likeness (QED) is 0.459. The number of allylic oxidation sites excluding steroid dienone is 1. The van der Waals surface area contributed by atoms with Gasteiger partial charge in [0, 0.05) is 5.02 Å². The van der Waals surface area contributed by atoms with Crippen molar-refractivity contribution in [3.8, 4) is 11.1 Å². The van der Waals surface area contributed by atoms with Crippen LogP contribution in [0.4, 0.5) is 0 Å². The van der Waals surface area contributed by atoms with Crippen molar-refractivity contribution in [3.63, 3.8) is 0 Å². The first-order valence-corrected chi connectivity index (χ1v) is 6.90. The lowest BCUT2D eigenvalue weighted by Gasteiger charge is -2.10. The molecule has 0 fully saturated rings. The average molecular weight is 300 g/mol. The van der Waals surface area contributed by atoms with Crippen LogP contribution in [0.2, 0.25) is 5.02 Å². The molecule has 3 nitrogen and oxygen atoms in total. The number of halogens is 1. The Morgan fingerprint density at radius 3 is 2.38 bits per heavy atom. The molecular formula is C17H18ClN3. The van der Waals surface area contributed by atoms with E-state index in [1.807, 2.05) is 49.4 Å². The molecule has 0 aliphatic heterocycles. The molecule has 0 aliphatic carbocycles. The van der Waals surface area contributed by atoms with E-state index in [-0.39, 0.29) is 0 Å². The standard InChI is InChI=1S/C17H18ClN3/c1-3-16(21-20)17(19)13-6-4-12(5-7-13)15-9-8-14(18)10-11(15)2/h3-10,21H,1,19-20H2,2H3/b17-16-. The van der Waals surface area contributed by atoms with Gasteiger partial charge in [-0.2, -0.15) is 0 Å². The fraction of sp³-hybridized carbons (Fsp3) is 0.0588. The van der Waals surface area contributed by atoms with Crippen LogP contribution in [0.3, 0.4) is 0 Å². The van der Waals surface area contributed by atoms with E-state index in [2.05, 4.69) is 12.0 Å². The molecule has 0 saturated carbocycles. The highest BCUT2D eigenvalue weighted by Crippen LogP contribution is 2.27. The van der Waals surface area contributed by atoms with Gasteiger partial charge in [0.25, 0.3) is 0 Å². The Kier molecular flexibility index (Phi) is 4.68. The first kappa shape index (κ1) is 15.2. The lowest BCUT2D eigenvalue weighted by molar-refractivity contribution is 0.917. The Bertz CT molecular complexity index is 688. The molecule has 2 aromatic carbocycles. The lowest BCUT2D eigenvalue weighted by atomic mass is 9.99. The van der Waals surface area contributed by atoms with Crippen molar-refractivity contribution >= 4 is 17.3 Å². The number of hydrazine groups is 1. The van der Waals surface area contributed by atoms with Crippen molar-refractivity contribution in [3.05, 3.63) is 77.0 Å². The van der Waals surface area contributed by atoms with Gasteiger partial charge in [0.1, 0.15) is 0 Å². The monoisotopic (exact) mass is 299 g/mol. The molecule has 2 aromatic rings. The Morgan fingerprint density at radius 1 is 1.19 bits per heavy atom. The molecule has 108 valence electrons. The highest BCUT2D eigenvalue weighted by molar-refractivity contribution is 6.30. The zero-order chi connectivity index (χ0) is 15.4. The highest BCUT2D eigenvalue weighted by Gasteiger charge is 2.05. The van der Waals surface area contributed by atoms with Crippen LogP contribution in [0.25, 0.3) is 16.8 Å². The molecular weight excluding hydrogens is 282 g/mol. The molecule has 0 atom stereocenters. The molecule has 0 saturated heterocycles. The maximum Gasteiger partial charge on any atom is 0.0716 e. The topological polar surface area (TPSA) is 64.1 Å². The van der Waals surface area contributed by atoms with Gasteiger partial charge in [-0.15, -0.1) is 0 Å². The number of aryl methyl sites for hydroxylation is 1. The fourth-order valence-corrected chi connectivity index (χ4v) is 2.41. The Hall–Kier alpha value is -2.23. The second-order valence-electron chi connectivity index (χ2n) is 4.71. The molecule has 0 heterocycles. The van der Waals surface area contributed by atoms with E-state index in [1.54, 1.807) is 6.08 Å². The number of hydrogen-bond donors (Lipinski definition) is 3. The van der Waals surface area contributed by atoms with Crippen LogP contribution in [0.15, 0.2) is 60.8 Å². The van der Waals surface area contributed by atoms with Crippen LogP contribution in [-0.2, 0) is 0 Å². The van der Waals surface area contributed by atoms with Gasteiger partial charge in [-0.05, 0) is 47.4 Å². The van der Waals surface area contributed by atoms with Crippen molar-refractivity contribution in [2.75, 3.05) is 0 Å². The summed E-state index contributed by atoms with van der Waals surface area (Å²) in [5.41, 5.74) is 14.0. The van der Waals surface area contributed by atoms with Gasteiger partial charge in [0.2, 0.25) is 0 Å². The minimum atomic E-state index is 0.562. The van der Waals surface area contributed by atoms with Gasteiger partial charge in [0.15, 0.2) is 0 Å². The molecule has 0 radical (unpaired) electrons. The predicted octanol–water partition coefficient (Wildman–Crippen LogP) is 3.59. The molecule has 0 amide bonds. The van der Waals surface area contributed by atoms with E-state index in [0.717, 1.165) is 27.3 Å². The minimum Gasteiger partial charge on any atom is -0.397 e. The van der Waals surface area contributed by atoms with E-state index in [0.29, 0.717) is 11.4 Å². The molecule has 2 rings (SSSR count). The van der Waals surface area contributed by atoms with Gasteiger partial charge in [-0.25, -0.2) is 0 Å². The van der Waals surface area contributed by atoms with Crippen molar-refractivity contribution in [1.29, 1.82) is 0 Å². The molecule has 0 bridgehead atoms. The largest absolute Gasteiger partial charge is 0.397 e. The van der Waals surface area contributed by atoms with Crippen molar-refractivity contribution in [2.24, 2.45) is 11.6 Å². The Morgan fingerprint density at radius 2 is 1.86 bits per heavy atom. The summed E-state index contributed by atoms with van der Waals surface area (Å²) in [6.07, 6.45) is 1.59. The predicted molar refractivity (Wildman–Crippen MR) is 90.3 cm³/mol. The minimum absolute atomic E-state index is 0.562. The fourth-order valence-electron chi connectivity index (χ4n) is 2.18. The Labute approximate surface area is 129 Å². The van der Waals surface area contributed by atoms with Crippen LogP contribution in [0.1, 0.15) is 11.1 Å². The summed E-state index contributed by atoms with van der Waals surface area (Å²) in [5.74, 6) is 5.40. The second-order valence-corrected chi connectivity index (χ2v) is 5.15. The molecule has 5 N–H and O–H groups in total. The smallest absolute Gasteiger partial charge is 0.0716 e. The van der Waals surface area contributed by atoms with E-state index in [4.69, 9.17) is 23.2 Å². The van der Waals surface area contributed by atoms with Crippen LogP contribution >= 0.6 is 11.6 Å². The van der Waals surface area contributed by atoms with Gasteiger partial charge >= 0.3 is 0 Å². The summed E-state index contributed by atoms with van der Waals surface area (Å²) in [7, 11) is 0. The summed E-state index contributed by atoms with van der Waals surface area (Å²) >= 11 is 5.99. The van der Waals surface area contributed by atoms with Crippen molar-refractivity contribution in [1.82, 2.24) is 5.43 Å². The normalized spacial score (nSPS) is 11.8. The summed E-state index contributed by atoms with van der Waals surface area (Å²) < 4.78 is 0. The summed E-state index contributed by atoms with van der Waals surface area (Å²) in [5, 5.41) is 0.740. The van der Waals surface area contributed by atoms with Crippen molar-refractivity contribution in [2.45, 2.75) is 6.92 Å². The van der Waals surface area contributed by atoms with Gasteiger partial charge in [-0.1, -0.05) is 48.5 Å². The number of nitrogens with two attached hydrogens (primary N) is 2. The zero-order valence-corrected chi connectivity index (χ0v) is 12.6. The van der Waals surface area contributed by atoms with Crippen molar-refractivity contribution < 1.29 is 0 Å². The molecule has 0 aromatic heterocycles. The van der Waals surface area contributed by atoms with Crippen LogP contribution < -0.4 is 17.0 Å². The second kappa shape index (κ2) is 6.48. The number of benzene rings is 2. The summed E-state index contributed by atoms with van der Waals surface area (Å²) in [6, 6.07) is 13.8. The van der Waals surface area contributed by atoms with E-state index in [1.165, 1.54) is 0 Å². The first-order chi connectivity index (χ1) is 10.1. The average Bonchev–Trinajstić information content (AvgIpc) is 2.48. The molecule has 21 heavy (non-hydrogen) atoms. The first-order valence-electron chi connectivity index (χ1n) is 6.52. The summed E-state index contributed by atoms with van der Waals surface area (Å²) in [6.45, 7) is 5.71. The third-order valence-corrected chi connectivity index (χ3v) is 3.58. The number of rotatable bonds is 4. The molecule has 0 spiro atoms. The van der Waals surface area contributed by atoms with Crippen LogP contribution in [0, 0.1) is 6.92 Å². The molecule has 0 unspecified atom stereocenters. The van der Waals surface area contributed by atoms with Gasteiger partial charge < -0.3 is 11.2 Å². The SMILES string of the molecule is C=C/C(NN)=C(/N)c1ccc(-c2ccc(Cl)cc2C)cc1. The van der Waals surface area contributed by atoms with Gasteiger partial charge in [0.05, 0.1) is 11.4 Å². The maximum absolute atomic E-state index is 6.05. The van der Waals surface area contributed by atoms with Crippen LogP contribution in [0.5, 0.6) is 0 Å². The molecule has 0 aliphatic rings. The Balaban J connectivity index is 2.39. The lowest BCUT2D eigenvalue weighted by Crippen LogP contribution is -2.23. The van der Waals surface area contributed by atoms with E-state index < -0.39 is 0 Å². The number of nitrogens with one attached hydrogen (secondary N) is 1. The maximum atomic E-state index is 6.05. The van der Waals surface area contributed by atoms with Gasteiger partial charge in [-0.3, -0.25) is 5.84 Å². The zero-order valence-electron chi connectivity index (χ0n) is 11.9. The summed E-state index contributed by atoms with van der Waals surface area (Å²) in [4.78, 5) is 0. The molecule has 4 heteroatoms.